The summed E-state index contributed by atoms with van der Waals surface area (Å²) in [6.45, 7) is 7.27. The summed E-state index contributed by atoms with van der Waals surface area (Å²) < 4.78 is 4.82. The summed E-state index contributed by atoms with van der Waals surface area (Å²) in [6.07, 6.45) is 6.23. The Morgan fingerprint density at radius 2 is 1.52 bits per heavy atom. The molecule has 0 aliphatic carbocycles. The van der Waals surface area contributed by atoms with Crippen molar-refractivity contribution < 1.29 is 19.1 Å². The first-order valence-corrected chi connectivity index (χ1v) is 19.2. The van der Waals surface area contributed by atoms with E-state index >= 15 is 0 Å². The van der Waals surface area contributed by atoms with Gasteiger partial charge in [0.05, 0.1) is 42.1 Å². The highest BCUT2D eigenvalue weighted by molar-refractivity contribution is 6.23. The molecule has 0 saturated carbocycles. The number of hydrogen-bond acceptors (Lipinski definition) is 6. The van der Waals surface area contributed by atoms with E-state index in [0.29, 0.717) is 13.0 Å². The van der Waals surface area contributed by atoms with Crippen molar-refractivity contribution in [3.63, 3.8) is 0 Å². The van der Waals surface area contributed by atoms with Gasteiger partial charge < -0.3 is 29.8 Å². The zero-order valence-electron chi connectivity index (χ0n) is 31.3. The van der Waals surface area contributed by atoms with E-state index in [-0.39, 0.29) is 29.8 Å². The van der Waals surface area contributed by atoms with E-state index in [1.165, 1.54) is 7.11 Å². The van der Waals surface area contributed by atoms with Crippen LogP contribution in [0.25, 0.3) is 55.0 Å². The Balaban J connectivity index is 1.10. The molecule has 2 aromatic heterocycles. The molecular formula is C43H47N7O4. The SMILES string of the molecule is CCCC(=O)N1CCC[C@H]1c1ncc(-c2ccc(-c3ccc4c(c3)c3ccccc3c3nc([C@@H]5CCCN5C(=O)[C@@H](NC(=O)OC)C(C)C)[nH]c43)cc2)[nH]1. The molecule has 0 unspecified atom stereocenters. The maximum Gasteiger partial charge on any atom is 0.407 e. The van der Waals surface area contributed by atoms with Crippen LogP contribution in [0.4, 0.5) is 4.79 Å². The molecule has 0 spiro atoms. The summed E-state index contributed by atoms with van der Waals surface area (Å²) in [4.78, 5) is 59.5. The molecule has 4 heterocycles. The van der Waals surface area contributed by atoms with Gasteiger partial charge in [-0.15, -0.1) is 0 Å². The number of benzene rings is 4. The summed E-state index contributed by atoms with van der Waals surface area (Å²) in [5, 5.41) is 7.08. The van der Waals surface area contributed by atoms with E-state index in [1.807, 2.05) is 42.8 Å². The largest absolute Gasteiger partial charge is 0.453 e. The average molecular weight is 726 g/mol. The van der Waals surface area contributed by atoms with Gasteiger partial charge in [-0.3, -0.25) is 9.59 Å². The summed E-state index contributed by atoms with van der Waals surface area (Å²) in [7, 11) is 1.30. The number of amides is 3. The Bertz CT molecular complexity index is 2360. The van der Waals surface area contributed by atoms with E-state index in [2.05, 4.69) is 75.9 Å². The Morgan fingerprint density at radius 1 is 0.833 bits per heavy atom. The van der Waals surface area contributed by atoms with Crippen LogP contribution in [0.2, 0.25) is 0 Å². The summed E-state index contributed by atoms with van der Waals surface area (Å²) in [5.74, 6) is 1.58. The second-order valence-electron chi connectivity index (χ2n) is 15.0. The number of aromatic amines is 2. The number of alkyl carbamates (subject to hydrolysis) is 1. The zero-order valence-corrected chi connectivity index (χ0v) is 31.3. The van der Waals surface area contributed by atoms with Gasteiger partial charge in [-0.05, 0) is 71.6 Å². The van der Waals surface area contributed by atoms with Crippen molar-refractivity contribution in [1.82, 2.24) is 35.1 Å². The number of nitrogens with one attached hydrogen (secondary N) is 3. The number of rotatable bonds is 9. The van der Waals surface area contributed by atoms with Crippen LogP contribution in [0.1, 0.15) is 83.0 Å². The van der Waals surface area contributed by atoms with Gasteiger partial charge in [0.2, 0.25) is 11.8 Å². The van der Waals surface area contributed by atoms with Gasteiger partial charge in [0, 0.05) is 30.3 Å². The number of carbonyl (C=O) groups is 3. The van der Waals surface area contributed by atoms with Gasteiger partial charge in [0.15, 0.2) is 0 Å². The standard InChI is InChI=1S/C43H47N7O4/c1-5-10-36(51)49-21-8-13-34(49)40-44-24-33(45-40)27-17-15-26(16-18-27)28-19-20-31-32(23-28)29-11-6-7-12-30(29)38-39(31)47-41(46-38)35-14-9-22-50(35)42(52)37(25(2)3)48-43(53)54-4/h6-7,11-12,15-20,23-25,34-35,37H,5,8-10,13-14,21-22H2,1-4H3,(H,44,45)(H,46,47)(H,48,53)/t34-,35-,37-/m0/s1. The molecule has 3 N–H and O–H groups in total. The maximum absolute atomic E-state index is 13.8. The van der Waals surface area contributed by atoms with Crippen molar-refractivity contribution >= 4 is 50.5 Å². The van der Waals surface area contributed by atoms with Gasteiger partial charge in [0.1, 0.15) is 17.7 Å². The van der Waals surface area contributed by atoms with Crippen molar-refractivity contribution in [2.75, 3.05) is 20.2 Å². The van der Waals surface area contributed by atoms with E-state index in [4.69, 9.17) is 14.7 Å². The highest BCUT2D eigenvalue weighted by atomic mass is 16.5. The molecule has 3 amide bonds. The van der Waals surface area contributed by atoms with Gasteiger partial charge in [0.25, 0.3) is 0 Å². The molecule has 2 saturated heterocycles. The third kappa shape index (κ3) is 6.35. The van der Waals surface area contributed by atoms with Gasteiger partial charge in [-0.2, -0.15) is 0 Å². The minimum atomic E-state index is -0.696. The molecule has 6 aromatic rings. The lowest BCUT2D eigenvalue weighted by atomic mass is 9.95. The molecule has 0 radical (unpaired) electrons. The van der Waals surface area contributed by atoms with Crippen LogP contribution in [-0.4, -0.2) is 73.9 Å². The fourth-order valence-electron chi connectivity index (χ4n) is 8.42. The molecule has 4 aromatic carbocycles. The number of likely N-dealkylation sites (tertiary alicyclic amines) is 2. The Morgan fingerprint density at radius 3 is 2.24 bits per heavy atom. The number of aromatic nitrogens is 4. The molecule has 2 aliphatic rings. The van der Waals surface area contributed by atoms with Gasteiger partial charge in [-0.1, -0.05) is 81.4 Å². The smallest absolute Gasteiger partial charge is 0.407 e. The summed E-state index contributed by atoms with van der Waals surface area (Å²) >= 11 is 0. The predicted octanol–water partition coefficient (Wildman–Crippen LogP) is 8.43. The number of imidazole rings is 2. The van der Waals surface area contributed by atoms with Gasteiger partial charge >= 0.3 is 6.09 Å². The molecule has 3 atom stereocenters. The predicted molar refractivity (Wildman–Crippen MR) is 211 cm³/mol. The normalized spacial score (nSPS) is 17.9. The summed E-state index contributed by atoms with van der Waals surface area (Å²) in [5.41, 5.74) is 6.01. The first-order chi connectivity index (χ1) is 26.2. The molecule has 54 heavy (non-hydrogen) atoms. The van der Waals surface area contributed by atoms with Crippen molar-refractivity contribution in [1.29, 1.82) is 0 Å². The van der Waals surface area contributed by atoms with Crippen LogP contribution < -0.4 is 5.32 Å². The fourth-order valence-corrected chi connectivity index (χ4v) is 8.42. The first kappa shape index (κ1) is 35.3. The minimum absolute atomic E-state index is 0.00840. The Hall–Kier alpha value is -5.71. The first-order valence-electron chi connectivity index (χ1n) is 19.2. The lowest BCUT2D eigenvalue weighted by molar-refractivity contribution is -0.135. The number of fused-ring (bicyclic) bond motifs is 6. The monoisotopic (exact) mass is 725 g/mol. The van der Waals surface area contributed by atoms with Crippen molar-refractivity contribution in [3.8, 4) is 22.4 Å². The van der Waals surface area contributed by atoms with Crippen LogP contribution >= 0.6 is 0 Å². The second-order valence-corrected chi connectivity index (χ2v) is 15.0. The molecule has 0 bridgehead atoms. The number of methoxy groups -OCH3 is 1. The van der Waals surface area contributed by atoms with E-state index in [0.717, 1.165) is 105 Å². The second kappa shape index (κ2) is 14.6. The van der Waals surface area contributed by atoms with Crippen molar-refractivity contribution in [2.24, 2.45) is 5.92 Å². The minimum Gasteiger partial charge on any atom is -0.453 e. The van der Waals surface area contributed by atoms with E-state index in [1.54, 1.807) is 0 Å². The van der Waals surface area contributed by atoms with Crippen LogP contribution in [0.15, 0.2) is 72.9 Å². The Kier molecular flexibility index (Phi) is 9.56. The lowest BCUT2D eigenvalue weighted by Gasteiger charge is -2.29. The molecule has 11 heteroatoms. The molecule has 2 fully saturated rings. The molecular weight excluding hydrogens is 679 g/mol. The van der Waals surface area contributed by atoms with Crippen LogP contribution in [0.3, 0.4) is 0 Å². The van der Waals surface area contributed by atoms with Crippen molar-refractivity contribution in [2.45, 2.75) is 77.4 Å². The number of hydrogen-bond donors (Lipinski definition) is 3. The average Bonchev–Trinajstić information content (AvgIpc) is 4.02. The summed E-state index contributed by atoms with van der Waals surface area (Å²) in [6, 6.07) is 22.5. The molecule has 11 nitrogen and oxygen atoms in total. The van der Waals surface area contributed by atoms with Crippen LogP contribution in [0, 0.1) is 5.92 Å². The number of ether oxygens (including phenoxy) is 1. The highest BCUT2D eigenvalue weighted by Gasteiger charge is 2.38. The quantitative estimate of drug-likeness (QED) is 0.128. The molecule has 8 rings (SSSR count). The third-order valence-corrected chi connectivity index (χ3v) is 11.2. The van der Waals surface area contributed by atoms with Gasteiger partial charge in [-0.25, -0.2) is 14.8 Å². The van der Waals surface area contributed by atoms with Crippen LogP contribution in [0.5, 0.6) is 0 Å². The number of carbonyl (C=O) groups excluding carboxylic acids is 3. The third-order valence-electron chi connectivity index (χ3n) is 11.2. The lowest BCUT2D eigenvalue weighted by Crippen LogP contribution is -2.51. The van der Waals surface area contributed by atoms with E-state index in [9.17, 15) is 14.4 Å². The van der Waals surface area contributed by atoms with Crippen molar-refractivity contribution in [3.05, 3.63) is 84.6 Å². The Labute approximate surface area is 314 Å². The molecule has 278 valence electrons. The van der Waals surface area contributed by atoms with Crippen LogP contribution in [-0.2, 0) is 14.3 Å². The highest BCUT2D eigenvalue weighted by Crippen LogP contribution is 2.40. The molecule has 2 aliphatic heterocycles. The van der Waals surface area contributed by atoms with E-state index < -0.39 is 12.1 Å². The maximum atomic E-state index is 13.8. The zero-order chi connectivity index (χ0) is 37.5. The fraction of sp³-hybridized carbons (Fsp3) is 0.372. The number of H-pyrrole nitrogens is 2. The number of nitrogens with zero attached hydrogens (tertiary/aromatic N) is 4. The topological polar surface area (TPSA) is 136 Å².